The predicted octanol–water partition coefficient (Wildman–Crippen LogP) is 3.45. The number of hydrogen-bond acceptors (Lipinski definition) is 5. The van der Waals surface area contributed by atoms with Crippen LogP contribution in [-0.4, -0.2) is 24.0 Å². The number of halogens is 1. The topological polar surface area (TPSA) is 68.3 Å². The minimum atomic E-state index is -0.564. The zero-order chi connectivity index (χ0) is 17.0. The standard InChI is InChI=1S/C16H17ClN2O3S/c1-9-15(23-10(2)18-9)16(21)19-13(8-14(20)22-3)11-6-4-5-7-12(11)17/h4-7,13H,8H2,1-3H3,(H,19,21). The first-order valence-corrected chi connectivity index (χ1v) is 8.18. The van der Waals surface area contributed by atoms with E-state index < -0.39 is 12.0 Å². The van der Waals surface area contributed by atoms with E-state index in [9.17, 15) is 9.59 Å². The first-order chi connectivity index (χ1) is 10.9. The number of ether oxygens (including phenoxy) is 1. The molecule has 1 amide bonds. The van der Waals surface area contributed by atoms with E-state index in [2.05, 4.69) is 10.3 Å². The average Bonchev–Trinajstić information content (AvgIpc) is 2.85. The summed E-state index contributed by atoms with van der Waals surface area (Å²) in [5.41, 5.74) is 1.34. The van der Waals surface area contributed by atoms with Crippen LogP contribution in [0.3, 0.4) is 0 Å². The van der Waals surface area contributed by atoms with E-state index in [1.807, 2.05) is 6.92 Å². The molecular weight excluding hydrogens is 336 g/mol. The van der Waals surface area contributed by atoms with Gasteiger partial charge in [0.15, 0.2) is 0 Å². The third-order valence-corrected chi connectivity index (χ3v) is 4.71. The Bertz CT molecular complexity index is 730. The number of benzene rings is 1. The van der Waals surface area contributed by atoms with Crippen molar-refractivity contribution in [3.8, 4) is 0 Å². The van der Waals surface area contributed by atoms with Gasteiger partial charge in [-0.1, -0.05) is 29.8 Å². The van der Waals surface area contributed by atoms with Gasteiger partial charge in [0.25, 0.3) is 5.91 Å². The van der Waals surface area contributed by atoms with Crippen LogP contribution in [0.2, 0.25) is 5.02 Å². The fourth-order valence-electron chi connectivity index (χ4n) is 2.21. The van der Waals surface area contributed by atoms with Crippen molar-refractivity contribution in [2.24, 2.45) is 0 Å². The smallest absolute Gasteiger partial charge is 0.307 e. The van der Waals surface area contributed by atoms with E-state index in [4.69, 9.17) is 16.3 Å². The highest BCUT2D eigenvalue weighted by molar-refractivity contribution is 7.13. The van der Waals surface area contributed by atoms with Gasteiger partial charge in [-0.15, -0.1) is 11.3 Å². The van der Waals surface area contributed by atoms with Crippen molar-refractivity contribution in [1.82, 2.24) is 10.3 Å². The maximum atomic E-state index is 12.5. The Morgan fingerprint density at radius 3 is 2.61 bits per heavy atom. The molecule has 1 aromatic carbocycles. The van der Waals surface area contributed by atoms with Gasteiger partial charge in [-0.3, -0.25) is 9.59 Å². The number of methoxy groups -OCH3 is 1. The summed E-state index contributed by atoms with van der Waals surface area (Å²) in [6.07, 6.45) is 0.00278. The summed E-state index contributed by atoms with van der Waals surface area (Å²) >= 11 is 7.51. The van der Waals surface area contributed by atoms with Crippen molar-refractivity contribution in [2.45, 2.75) is 26.3 Å². The highest BCUT2D eigenvalue weighted by Gasteiger charge is 2.23. The number of carbonyl (C=O) groups is 2. The van der Waals surface area contributed by atoms with Crippen molar-refractivity contribution in [2.75, 3.05) is 7.11 Å². The van der Waals surface area contributed by atoms with Gasteiger partial charge in [-0.05, 0) is 25.5 Å². The van der Waals surface area contributed by atoms with E-state index in [1.54, 1.807) is 31.2 Å². The molecule has 23 heavy (non-hydrogen) atoms. The van der Waals surface area contributed by atoms with Crippen molar-refractivity contribution in [1.29, 1.82) is 0 Å². The fourth-order valence-corrected chi connectivity index (χ4v) is 3.30. The largest absolute Gasteiger partial charge is 0.469 e. The number of carbonyl (C=O) groups excluding carboxylic acids is 2. The van der Waals surface area contributed by atoms with Crippen molar-refractivity contribution < 1.29 is 14.3 Å². The third-order valence-electron chi connectivity index (χ3n) is 3.29. The lowest BCUT2D eigenvalue weighted by atomic mass is 10.0. The minimum Gasteiger partial charge on any atom is -0.469 e. The van der Waals surface area contributed by atoms with Gasteiger partial charge in [-0.25, -0.2) is 4.98 Å². The van der Waals surface area contributed by atoms with Crippen LogP contribution in [0.5, 0.6) is 0 Å². The normalized spacial score (nSPS) is 11.8. The molecule has 1 N–H and O–H groups in total. The lowest BCUT2D eigenvalue weighted by Gasteiger charge is -2.19. The molecule has 2 aromatic rings. The SMILES string of the molecule is COC(=O)CC(NC(=O)c1sc(C)nc1C)c1ccccc1Cl. The molecule has 1 atom stereocenters. The Kier molecular flexibility index (Phi) is 5.74. The van der Waals surface area contributed by atoms with Crippen LogP contribution >= 0.6 is 22.9 Å². The molecule has 1 unspecified atom stereocenters. The zero-order valence-electron chi connectivity index (χ0n) is 13.1. The van der Waals surface area contributed by atoms with Crippen molar-refractivity contribution >= 4 is 34.8 Å². The molecule has 0 spiro atoms. The summed E-state index contributed by atoms with van der Waals surface area (Å²) < 4.78 is 4.71. The Labute approximate surface area is 143 Å². The van der Waals surface area contributed by atoms with Gasteiger partial charge in [0.05, 0.1) is 30.3 Å². The second-order valence-corrected chi connectivity index (χ2v) is 6.59. The lowest BCUT2D eigenvalue weighted by Crippen LogP contribution is -2.30. The molecule has 0 aliphatic heterocycles. The van der Waals surface area contributed by atoms with Crippen LogP contribution in [0.25, 0.3) is 0 Å². The maximum Gasteiger partial charge on any atom is 0.307 e. The fraction of sp³-hybridized carbons (Fsp3) is 0.312. The average molecular weight is 353 g/mol. The molecule has 2 rings (SSSR count). The highest BCUT2D eigenvalue weighted by atomic mass is 35.5. The number of esters is 1. The summed E-state index contributed by atoms with van der Waals surface area (Å²) in [5.74, 6) is -0.700. The molecule has 0 radical (unpaired) electrons. The quantitative estimate of drug-likeness (QED) is 0.837. The molecule has 0 saturated heterocycles. The molecule has 122 valence electrons. The van der Waals surface area contributed by atoms with E-state index in [0.717, 1.165) is 5.01 Å². The van der Waals surface area contributed by atoms with Crippen LogP contribution in [0, 0.1) is 13.8 Å². The van der Waals surface area contributed by atoms with E-state index >= 15 is 0 Å². The Morgan fingerprint density at radius 1 is 1.35 bits per heavy atom. The maximum absolute atomic E-state index is 12.5. The summed E-state index contributed by atoms with van der Waals surface area (Å²) in [5, 5.41) is 4.16. The number of rotatable bonds is 5. The molecule has 0 aliphatic rings. The van der Waals surface area contributed by atoms with Crippen LogP contribution in [0.4, 0.5) is 0 Å². The molecule has 0 saturated carbocycles. The summed E-state index contributed by atoms with van der Waals surface area (Å²) in [6, 6.07) is 6.53. The summed E-state index contributed by atoms with van der Waals surface area (Å²) in [7, 11) is 1.31. The number of nitrogens with zero attached hydrogens (tertiary/aromatic N) is 1. The van der Waals surface area contributed by atoms with Crippen molar-refractivity contribution in [3.05, 3.63) is 50.4 Å². The minimum absolute atomic E-state index is 0.00278. The van der Waals surface area contributed by atoms with Crippen LogP contribution in [0.1, 0.15) is 38.4 Å². The predicted molar refractivity (Wildman–Crippen MR) is 89.9 cm³/mol. The first-order valence-electron chi connectivity index (χ1n) is 6.98. The molecule has 1 aromatic heterocycles. The molecule has 0 aliphatic carbocycles. The Morgan fingerprint density at radius 2 is 2.04 bits per heavy atom. The second-order valence-electron chi connectivity index (χ2n) is 4.98. The second kappa shape index (κ2) is 7.57. The van der Waals surface area contributed by atoms with Gasteiger partial charge >= 0.3 is 5.97 Å². The summed E-state index contributed by atoms with van der Waals surface area (Å²) in [4.78, 5) is 29.0. The van der Waals surface area contributed by atoms with Gasteiger partial charge in [0.1, 0.15) is 4.88 Å². The Hall–Kier alpha value is -1.92. The molecule has 5 nitrogen and oxygen atoms in total. The van der Waals surface area contributed by atoms with Crippen molar-refractivity contribution in [3.63, 3.8) is 0 Å². The van der Waals surface area contributed by atoms with Gasteiger partial charge in [-0.2, -0.15) is 0 Å². The van der Waals surface area contributed by atoms with Gasteiger partial charge < -0.3 is 10.1 Å². The number of hydrogen-bond donors (Lipinski definition) is 1. The zero-order valence-corrected chi connectivity index (χ0v) is 14.6. The van der Waals surface area contributed by atoms with Crippen LogP contribution < -0.4 is 5.32 Å². The molecule has 1 heterocycles. The van der Waals surface area contributed by atoms with Gasteiger partial charge in [0.2, 0.25) is 0 Å². The number of amides is 1. The van der Waals surface area contributed by atoms with Crippen LogP contribution in [0.15, 0.2) is 24.3 Å². The molecule has 0 fully saturated rings. The van der Waals surface area contributed by atoms with Crippen LogP contribution in [-0.2, 0) is 9.53 Å². The van der Waals surface area contributed by atoms with E-state index in [-0.39, 0.29) is 12.3 Å². The van der Waals surface area contributed by atoms with E-state index in [1.165, 1.54) is 18.4 Å². The first kappa shape index (κ1) is 17.4. The molecule has 0 bridgehead atoms. The lowest BCUT2D eigenvalue weighted by molar-refractivity contribution is -0.141. The third kappa shape index (κ3) is 4.30. The molecule has 7 heteroatoms. The monoisotopic (exact) mass is 352 g/mol. The van der Waals surface area contributed by atoms with Gasteiger partial charge in [0, 0.05) is 5.02 Å². The number of thiazole rings is 1. The Balaban J connectivity index is 2.27. The number of aromatic nitrogens is 1. The number of aryl methyl sites for hydroxylation is 2. The summed E-state index contributed by atoms with van der Waals surface area (Å²) in [6.45, 7) is 3.62. The number of nitrogens with one attached hydrogen (secondary N) is 1. The molecular formula is C16H17ClN2O3S. The van der Waals surface area contributed by atoms with E-state index in [0.29, 0.717) is 21.2 Å². The highest BCUT2D eigenvalue weighted by Crippen LogP contribution is 2.26.